The molecule has 4 rings (SSSR count). The fraction of sp³-hybridized carbons (Fsp3) is 0.400. The molecule has 3 aromatic rings. The molecule has 1 aliphatic rings. The Morgan fingerprint density at radius 2 is 2.15 bits per heavy atom. The summed E-state index contributed by atoms with van der Waals surface area (Å²) in [6.07, 6.45) is 6.80. The minimum Gasteiger partial charge on any atom is -0.349 e. The van der Waals surface area contributed by atoms with Crippen molar-refractivity contribution >= 4 is 16.9 Å². The normalized spacial score (nSPS) is 16.3. The summed E-state index contributed by atoms with van der Waals surface area (Å²) in [7, 11) is 0. The first kappa shape index (κ1) is 17.5. The van der Waals surface area contributed by atoms with Gasteiger partial charge in [-0.3, -0.25) is 4.79 Å². The van der Waals surface area contributed by atoms with Crippen molar-refractivity contribution in [2.24, 2.45) is 0 Å². The Balaban J connectivity index is 1.33. The predicted octanol–water partition coefficient (Wildman–Crippen LogP) is 2.47. The third-order valence-corrected chi connectivity index (χ3v) is 5.09. The van der Waals surface area contributed by atoms with Gasteiger partial charge in [-0.25, -0.2) is 14.8 Å². The van der Waals surface area contributed by atoms with Crippen LogP contribution in [0.1, 0.15) is 54.4 Å². The number of hydrogen-bond donors (Lipinski definition) is 3. The van der Waals surface area contributed by atoms with Gasteiger partial charge in [-0.05, 0) is 56.7 Å². The van der Waals surface area contributed by atoms with Crippen LogP contribution in [0.25, 0.3) is 11.0 Å². The number of benzene rings is 1. The third-order valence-electron chi connectivity index (χ3n) is 5.09. The Hall–Kier alpha value is -2.96. The van der Waals surface area contributed by atoms with Crippen LogP contribution in [-0.2, 0) is 17.6 Å². The Morgan fingerprint density at radius 1 is 1.30 bits per heavy atom. The second kappa shape index (κ2) is 7.34. The van der Waals surface area contributed by atoms with Gasteiger partial charge in [0.15, 0.2) is 0 Å². The molecule has 1 amide bonds. The second-order valence-electron chi connectivity index (χ2n) is 7.14. The number of aromatic nitrogens is 4. The summed E-state index contributed by atoms with van der Waals surface area (Å²) >= 11 is 0. The minimum absolute atomic E-state index is 0.0168. The lowest BCUT2D eigenvalue weighted by molar-refractivity contribution is -0.122. The van der Waals surface area contributed by atoms with Crippen molar-refractivity contribution in [2.75, 3.05) is 0 Å². The van der Waals surface area contributed by atoms with Crippen LogP contribution in [0.3, 0.4) is 0 Å². The van der Waals surface area contributed by atoms with E-state index < -0.39 is 0 Å². The number of fused-ring (bicyclic) bond motifs is 2. The molecule has 0 radical (unpaired) electrons. The lowest BCUT2D eigenvalue weighted by Gasteiger charge is -2.25. The van der Waals surface area contributed by atoms with Gasteiger partial charge < -0.3 is 15.3 Å². The number of imidazole rings is 1. The molecular weight excluding hydrogens is 342 g/mol. The molecule has 1 aromatic carbocycles. The zero-order chi connectivity index (χ0) is 18.8. The number of aromatic amines is 2. The smallest absolute Gasteiger partial charge is 0.323 e. The van der Waals surface area contributed by atoms with E-state index in [9.17, 15) is 9.59 Å². The van der Waals surface area contributed by atoms with Crippen LogP contribution in [0.2, 0.25) is 0 Å². The van der Waals surface area contributed by atoms with Gasteiger partial charge in [-0.15, -0.1) is 0 Å². The van der Waals surface area contributed by atoms with E-state index in [0.29, 0.717) is 6.42 Å². The first-order valence-electron chi connectivity index (χ1n) is 9.41. The molecule has 7 heteroatoms. The number of aryl methyl sites for hydroxylation is 3. The molecule has 0 saturated heterocycles. The summed E-state index contributed by atoms with van der Waals surface area (Å²) < 4.78 is 0. The van der Waals surface area contributed by atoms with E-state index >= 15 is 0 Å². The van der Waals surface area contributed by atoms with Crippen molar-refractivity contribution in [3.8, 4) is 0 Å². The zero-order valence-corrected chi connectivity index (χ0v) is 15.3. The second-order valence-corrected chi connectivity index (χ2v) is 7.14. The van der Waals surface area contributed by atoms with Gasteiger partial charge >= 0.3 is 5.69 Å². The minimum atomic E-state index is -0.200. The van der Waals surface area contributed by atoms with E-state index in [4.69, 9.17) is 0 Å². The van der Waals surface area contributed by atoms with E-state index in [1.165, 1.54) is 0 Å². The molecule has 2 aromatic heterocycles. The van der Waals surface area contributed by atoms with Crippen LogP contribution >= 0.6 is 0 Å². The maximum absolute atomic E-state index is 12.4. The van der Waals surface area contributed by atoms with E-state index in [2.05, 4.69) is 25.3 Å². The zero-order valence-electron chi connectivity index (χ0n) is 15.3. The number of rotatable bonds is 5. The van der Waals surface area contributed by atoms with Crippen LogP contribution in [0.4, 0.5) is 0 Å². The van der Waals surface area contributed by atoms with Crippen LogP contribution in [0.5, 0.6) is 0 Å². The van der Waals surface area contributed by atoms with E-state index in [-0.39, 0.29) is 17.6 Å². The van der Waals surface area contributed by atoms with Gasteiger partial charge in [-0.1, -0.05) is 6.07 Å². The number of H-pyrrole nitrogens is 2. The number of nitrogens with one attached hydrogen (secondary N) is 3. The molecule has 2 heterocycles. The number of carbonyl (C=O) groups excluding carboxylic acids is 1. The molecule has 0 spiro atoms. The molecule has 1 atom stereocenters. The first-order chi connectivity index (χ1) is 13.1. The van der Waals surface area contributed by atoms with E-state index in [1.807, 2.05) is 31.3 Å². The number of amides is 1. The highest BCUT2D eigenvalue weighted by Crippen LogP contribution is 2.28. The average Bonchev–Trinajstić information content (AvgIpc) is 3.01. The Morgan fingerprint density at radius 3 is 3.04 bits per heavy atom. The fourth-order valence-corrected chi connectivity index (χ4v) is 3.75. The van der Waals surface area contributed by atoms with Crippen LogP contribution in [0.15, 0.2) is 29.2 Å². The highest BCUT2D eigenvalue weighted by atomic mass is 16.1. The molecule has 140 valence electrons. The van der Waals surface area contributed by atoms with Crippen LogP contribution in [-0.4, -0.2) is 25.8 Å². The van der Waals surface area contributed by atoms with Gasteiger partial charge in [0, 0.05) is 23.9 Å². The number of hydrogen-bond acceptors (Lipinski definition) is 4. The predicted molar refractivity (Wildman–Crippen MR) is 102 cm³/mol. The largest absolute Gasteiger partial charge is 0.349 e. The molecule has 1 aliphatic carbocycles. The summed E-state index contributed by atoms with van der Waals surface area (Å²) in [6, 6.07) is 5.86. The fourth-order valence-electron chi connectivity index (χ4n) is 3.75. The standard InChI is InChI=1S/C20H23N5O2/c1-12-21-11-14-15(22-12)5-3-6-16(14)23-19(26)7-2-4-13-8-9-17-18(10-13)25-20(27)24-17/h8-11,16H,2-7H2,1H3,(H,23,26)(H2,24,25,27). The highest BCUT2D eigenvalue weighted by Gasteiger charge is 2.23. The van der Waals surface area contributed by atoms with Gasteiger partial charge in [0.05, 0.1) is 17.1 Å². The lowest BCUT2D eigenvalue weighted by atomic mass is 9.92. The van der Waals surface area contributed by atoms with Crippen molar-refractivity contribution in [1.29, 1.82) is 0 Å². The van der Waals surface area contributed by atoms with E-state index in [0.717, 1.165) is 65.8 Å². The van der Waals surface area contributed by atoms with Crippen molar-refractivity contribution < 1.29 is 4.79 Å². The molecule has 27 heavy (non-hydrogen) atoms. The quantitative estimate of drug-likeness (QED) is 0.646. The Kier molecular flexibility index (Phi) is 4.75. The van der Waals surface area contributed by atoms with Crippen molar-refractivity contribution in [3.05, 3.63) is 57.5 Å². The van der Waals surface area contributed by atoms with Gasteiger partial charge in [-0.2, -0.15) is 0 Å². The molecule has 0 bridgehead atoms. The first-order valence-corrected chi connectivity index (χ1v) is 9.41. The maximum Gasteiger partial charge on any atom is 0.323 e. The average molecular weight is 365 g/mol. The molecule has 1 unspecified atom stereocenters. The molecular formula is C20H23N5O2. The Bertz CT molecular complexity index is 1040. The topological polar surface area (TPSA) is 104 Å². The molecule has 0 fully saturated rings. The number of carbonyl (C=O) groups is 1. The summed E-state index contributed by atoms with van der Waals surface area (Å²) in [4.78, 5) is 38.0. The SMILES string of the molecule is Cc1ncc2c(n1)CCCC2NC(=O)CCCc1ccc2[nH]c(=O)[nH]c2c1. The summed E-state index contributed by atoms with van der Waals surface area (Å²) in [5.74, 6) is 0.839. The molecule has 0 saturated carbocycles. The lowest BCUT2D eigenvalue weighted by Crippen LogP contribution is -2.31. The summed E-state index contributed by atoms with van der Waals surface area (Å²) in [6.45, 7) is 1.89. The summed E-state index contributed by atoms with van der Waals surface area (Å²) in [5, 5.41) is 3.14. The van der Waals surface area contributed by atoms with Gasteiger partial charge in [0.25, 0.3) is 0 Å². The molecule has 7 nitrogen and oxygen atoms in total. The summed E-state index contributed by atoms with van der Waals surface area (Å²) in [5.41, 5.74) is 4.63. The molecule has 3 N–H and O–H groups in total. The molecule has 0 aliphatic heterocycles. The maximum atomic E-state index is 12.4. The van der Waals surface area contributed by atoms with Crippen molar-refractivity contribution in [3.63, 3.8) is 0 Å². The van der Waals surface area contributed by atoms with Crippen LogP contribution < -0.4 is 11.0 Å². The third kappa shape index (κ3) is 3.92. The Labute approximate surface area is 156 Å². The van der Waals surface area contributed by atoms with Crippen molar-refractivity contribution in [1.82, 2.24) is 25.3 Å². The monoisotopic (exact) mass is 365 g/mol. The van der Waals surface area contributed by atoms with Gasteiger partial charge in [0.2, 0.25) is 5.91 Å². The highest BCUT2D eigenvalue weighted by molar-refractivity contribution is 5.77. The van der Waals surface area contributed by atoms with E-state index in [1.54, 1.807) is 0 Å². The number of nitrogens with zero attached hydrogens (tertiary/aromatic N) is 2. The van der Waals surface area contributed by atoms with Crippen molar-refractivity contribution in [2.45, 2.75) is 51.5 Å². The van der Waals surface area contributed by atoms with Gasteiger partial charge in [0.1, 0.15) is 5.82 Å². The van der Waals surface area contributed by atoms with Crippen LogP contribution in [0, 0.1) is 6.92 Å².